The molecule has 0 radical (unpaired) electrons. The molecule has 24 heteroatoms. The molecule has 0 atom stereocenters. The molecule has 0 spiro atoms. The Morgan fingerprint density at radius 1 is 0.483 bits per heavy atom. The number of hydrogen-bond donors (Lipinski definition) is 11. The van der Waals surface area contributed by atoms with Crippen molar-refractivity contribution in [3.05, 3.63) is 58.7 Å². The van der Waals surface area contributed by atoms with Crippen molar-refractivity contribution >= 4 is 114 Å². The summed E-state index contributed by atoms with van der Waals surface area (Å²) in [5, 5.41) is 33.3. The number of hydrazone groups is 1. The van der Waals surface area contributed by atoms with Crippen molar-refractivity contribution < 1.29 is 9.59 Å². The van der Waals surface area contributed by atoms with E-state index in [1.165, 1.54) is 0 Å². The van der Waals surface area contributed by atoms with E-state index in [0.717, 1.165) is 25.7 Å². The molecular formula is C34H58Cl4N18O2. The average Bonchev–Trinajstić information content (AvgIpc) is 3.11. The number of guanidine groups is 3. The van der Waals surface area contributed by atoms with E-state index in [1.807, 2.05) is 6.07 Å². The van der Waals surface area contributed by atoms with Crippen LogP contribution in [-0.4, -0.2) is 58.8 Å². The van der Waals surface area contributed by atoms with Crippen LogP contribution >= 0.6 is 49.6 Å². The molecule has 0 aromatic heterocycles. The highest BCUT2D eigenvalue weighted by molar-refractivity contribution is 6.07. The highest BCUT2D eigenvalue weighted by Crippen LogP contribution is 2.20. The summed E-state index contributed by atoms with van der Waals surface area (Å²) in [4.78, 5) is 25.7. The van der Waals surface area contributed by atoms with Crippen molar-refractivity contribution in [2.45, 2.75) is 85.4 Å². The van der Waals surface area contributed by atoms with Crippen molar-refractivity contribution in [1.29, 1.82) is 0 Å². The monoisotopic (exact) mass is 890 g/mol. The van der Waals surface area contributed by atoms with Gasteiger partial charge in [-0.2, -0.15) is 20.4 Å². The number of unbranched alkanes of at least 4 members (excludes halogenated alkanes) is 5. The first-order chi connectivity index (χ1) is 25.5. The Bertz CT molecular complexity index is 1780. The van der Waals surface area contributed by atoms with Gasteiger partial charge in [0.1, 0.15) is 6.29 Å². The van der Waals surface area contributed by atoms with E-state index < -0.39 is 6.29 Å². The SMILES string of the molecule is C/C(=N\N=C(N)N)c1cc(NC(=O)CCCCCCCCC(=O)Nc2cc(/C(C)=N/N=C(N)N)cc(/C(C)=N/NC(N)N)c2)cc(/C(C)=N/N=C(N)N)c1.Cl.Cl.Cl.Cl. The molecule has 20 nitrogen and oxygen atoms in total. The first kappa shape index (κ1) is 57.1. The fourth-order valence-electron chi connectivity index (χ4n) is 4.77. The fraction of sp³-hybridized carbons (Fsp3) is 0.382. The molecule has 0 saturated heterocycles. The Balaban J connectivity index is -0.00000756. The third kappa shape index (κ3) is 23.1. The van der Waals surface area contributed by atoms with Crippen molar-refractivity contribution in [3.63, 3.8) is 0 Å². The van der Waals surface area contributed by atoms with Crippen LogP contribution in [-0.2, 0) is 9.59 Å². The van der Waals surface area contributed by atoms with Crippen molar-refractivity contribution in [2.24, 2.45) is 81.6 Å². The van der Waals surface area contributed by atoms with Crippen LogP contribution in [0.15, 0.2) is 72.1 Å². The number of nitrogens with zero attached hydrogens (tertiary/aromatic N) is 7. The number of nitrogens with one attached hydrogen (secondary N) is 3. The summed E-state index contributed by atoms with van der Waals surface area (Å²) in [6.07, 6.45) is 4.83. The Kier molecular flexibility index (Phi) is 29.4. The van der Waals surface area contributed by atoms with E-state index in [2.05, 4.69) is 51.8 Å². The van der Waals surface area contributed by atoms with Gasteiger partial charge in [0.05, 0.1) is 22.8 Å². The molecule has 58 heavy (non-hydrogen) atoms. The van der Waals surface area contributed by atoms with Crippen LogP contribution in [0.1, 0.15) is 101 Å². The van der Waals surface area contributed by atoms with Crippen LogP contribution in [0, 0.1) is 0 Å². The molecular weight excluding hydrogens is 834 g/mol. The quantitative estimate of drug-likeness (QED) is 0.0302. The summed E-state index contributed by atoms with van der Waals surface area (Å²) in [5.41, 5.74) is 52.1. The van der Waals surface area contributed by atoms with Gasteiger partial charge in [-0.05, 0) is 76.9 Å². The molecule has 0 heterocycles. The van der Waals surface area contributed by atoms with Gasteiger partial charge in [0.25, 0.3) is 0 Å². The number of rotatable bonds is 20. The summed E-state index contributed by atoms with van der Waals surface area (Å²) in [6.45, 7) is 6.98. The third-order valence-electron chi connectivity index (χ3n) is 7.49. The van der Waals surface area contributed by atoms with Gasteiger partial charge >= 0.3 is 0 Å². The van der Waals surface area contributed by atoms with E-state index in [0.29, 0.717) is 82.2 Å². The summed E-state index contributed by atoms with van der Waals surface area (Å²) in [5.74, 6) is -0.818. The van der Waals surface area contributed by atoms with Gasteiger partial charge in [0.2, 0.25) is 29.7 Å². The van der Waals surface area contributed by atoms with E-state index in [9.17, 15) is 9.59 Å². The number of anilines is 2. The standard InChI is InChI=1S/C34H54N18O2.4ClH/c1-19(45-49-31(35)36)23-13-24(20(2)46-50-32(37)38)16-27(15-23)43-29(53)11-9-7-5-6-8-10-12-30(54)44-28-17-25(21(3)47-51-33(39)40)14-26(18-28)22(4)48-52-34(41)42;;;;/h13-18,31,49H,5-12,35-36H2,1-4H3,(H,43,53)(H,44,54)(H4,37,38,50)(H4,39,40,51)(H4,41,42,52);4*1H/b45-19+,46-20+,47-21+,48-22+;;;;. The zero-order valence-corrected chi connectivity index (χ0v) is 36.2. The molecule has 0 aliphatic heterocycles. The molecule has 324 valence electrons. The molecule has 2 amide bonds. The predicted molar refractivity (Wildman–Crippen MR) is 248 cm³/mol. The molecule has 0 aliphatic carbocycles. The number of carbonyl (C=O) groups excluding carboxylic acids is 2. The van der Waals surface area contributed by atoms with E-state index in [-0.39, 0.29) is 79.3 Å². The van der Waals surface area contributed by atoms with E-state index in [4.69, 9.17) is 45.9 Å². The minimum atomic E-state index is -0.833. The van der Waals surface area contributed by atoms with Gasteiger partial charge in [-0.3, -0.25) is 26.5 Å². The maximum absolute atomic E-state index is 12.8. The zero-order chi connectivity index (χ0) is 40.2. The lowest BCUT2D eigenvalue weighted by atomic mass is 10.0. The van der Waals surface area contributed by atoms with Gasteiger partial charge < -0.3 is 45.0 Å². The molecule has 0 bridgehead atoms. The smallest absolute Gasteiger partial charge is 0.224 e. The topological polar surface area (TPSA) is 365 Å². The molecule has 0 unspecified atom stereocenters. The van der Waals surface area contributed by atoms with Gasteiger partial charge in [0.15, 0.2) is 0 Å². The van der Waals surface area contributed by atoms with Gasteiger partial charge in [-0.1, -0.05) is 25.7 Å². The van der Waals surface area contributed by atoms with Crippen molar-refractivity contribution in [1.82, 2.24) is 5.43 Å². The normalized spacial score (nSPS) is 11.4. The van der Waals surface area contributed by atoms with Crippen LogP contribution in [0.5, 0.6) is 0 Å². The van der Waals surface area contributed by atoms with Crippen LogP contribution in [0.2, 0.25) is 0 Å². The Morgan fingerprint density at radius 2 is 0.776 bits per heavy atom. The van der Waals surface area contributed by atoms with Crippen LogP contribution in [0.4, 0.5) is 11.4 Å². The number of amides is 2. The molecule has 2 rings (SSSR count). The third-order valence-corrected chi connectivity index (χ3v) is 7.49. The molecule has 19 N–H and O–H groups in total. The fourth-order valence-corrected chi connectivity index (χ4v) is 4.77. The van der Waals surface area contributed by atoms with Gasteiger partial charge in [-0.25, -0.2) is 0 Å². The van der Waals surface area contributed by atoms with Gasteiger partial charge in [0, 0.05) is 46.5 Å². The largest absolute Gasteiger partial charge is 0.369 e. The Morgan fingerprint density at radius 3 is 1.07 bits per heavy atom. The number of halogens is 4. The lowest BCUT2D eigenvalue weighted by Crippen LogP contribution is -2.42. The molecule has 0 aliphatic rings. The first-order valence-corrected chi connectivity index (χ1v) is 17.2. The zero-order valence-electron chi connectivity index (χ0n) is 32.9. The summed E-state index contributed by atoms with van der Waals surface area (Å²) in [7, 11) is 0. The van der Waals surface area contributed by atoms with E-state index in [1.54, 1.807) is 58.0 Å². The highest BCUT2D eigenvalue weighted by Gasteiger charge is 2.12. The number of benzene rings is 2. The maximum atomic E-state index is 12.8. The van der Waals surface area contributed by atoms with Crippen LogP contribution in [0.3, 0.4) is 0 Å². The number of carbonyl (C=O) groups is 2. The number of hydrogen-bond acceptors (Lipinski definition) is 12. The van der Waals surface area contributed by atoms with Crippen LogP contribution < -0.4 is 61.9 Å². The second-order valence-electron chi connectivity index (χ2n) is 12.3. The second-order valence-corrected chi connectivity index (χ2v) is 12.3. The Hall–Kier alpha value is -5.25. The maximum Gasteiger partial charge on any atom is 0.224 e. The summed E-state index contributed by atoms with van der Waals surface area (Å²) >= 11 is 0. The first-order valence-electron chi connectivity index (χ1n) is 17.2. The average molecular weight is 893 g/mol. The predicted octanol–water partition coefficient (Wildman–Crippen LogP) is 2.58. The van der Waals surface area contributed by atoms with Gasteiger partial charge in [-0.15, -0.1) is 64.9 Å². The summed E-state index contributed by atoms with van der Waals surface area (Å²) < 4.78 is 0. The highest BCUT2D eigenvalue weighted by atomic mass is 35.5. The number of nitrogens with two attached hydrogens (primary N) is 8. The Labute approximate surface area is 363 Å². The van der Waals surface area contributed by atoms with Crippen molar-refractivity contribution in [3.8, 4) is 0 Å². The molecule has 0 fully saturated rings. The van der Waals surface area contributed by atoms with Crippen molar-refractivity contribution in [2.75, 3.05) is 10.6 Å². The molecule has 2 aromatic rings. The van der Waals surface area contributed by atoms with Crippen LogP contribution in [0.25, 0.3) is 0 Å². The lowest BCUT2D eigenvalue weighted by Gasteiger charge is -2.12. The second kappa shape index (κ2) is 29.9. The molecule has 0 saturated carbocycles. The minimum absolute atomic E-state index is 0. The van der Waals surface area contributed by atoms with E-state index >= 15 is 0 Å². The molecule has 2 aromatic carbocycles. The summed E-state index contributed by atoms with van der Waals surface area (Å²) in [6, 6.07) is 10.7. The minimum Gasteiger partial charge on any atom is -0.369 e. The lowest BCUT2D eigenvalue weighted by molar-refractivity contribution is -0.117.